The summed E-state index contributed by atoms with van der Waals surface area (Å²) in [4.78, 5) is 45.5. The van der Waals surface area contributed by atoms with E-state index in [-0.39, 0.29) is 23.6 Å². The topological polar surface area (TPSA) is 121 Å². The SMILES string of the molecule is COC(=O)c1[nH]c(C)c(/C(O)=C2\C(=O)C(=O)N(CCN3CCOCC3)[C@@H]2c2ccccc2OC)c1C. The van der Waals surface area contributed by atoms with Gasteiger partial charge in [0.2, 0.25) is 0 Å². The number of aryl methyl sites for hydroxylation is 1. The van der Waals surface area contributed by atoms with Gasteiger partial charge in [-0.3, -0.25) is 14.5 Å². The van der Waals surface area contributed by atoms with Gasteiger partial charge in [-0.15, -0.1) is 0 Å². The van der Waals surface area contributed by atoms with E-state index in [4.69, 9.17) is 14.2 Å². The van der Waals surface area contributed by atoms with Crippen molar-refractivity contribution < 1.29 is 33.7 Å². The van der Waals surface area contributed by atoms with Gasteiger partial charge in [0, 0.05) is 43.0 Å². The number of aromatic nitrogens is 1. The van der Waals surface area contributed by atoms with E-state index in [0.717, 1.165) is 13.1 Å². The number of para-hydroxylation sites is 1. The third-order valence-corrected chi connectivity index (χ3v) is 6.80. The molecule has 0 bridgehead atoms. The van der Waals surface area contributed by atoms with Crippen LogP contribution in [-0.2, 0) is 19.1 Å². The molecule has 192 valence electrons. The molecule has 10 nitrogen and oxygen atoms in total. The van der Waals surface area contributed by atoms with Crippen LogP contribution in [0, 0.1) is 13.8 Å². The Morgan fingerprint density at radius 2 is 1.83 bits per heavy atom. The predicted molar refractivity (Wildman–Crippen MR) is 131 cm³/mol. The first-order valence-corrected chi connectivity index (χ1v) is 11.8. The summed E-state index contributed by atoms with van der Waals surface area (Å²) in [6.07, 6.45) is 0. The van der Waals surface area contributed by atoms with Crippen molar-refractivity contribution >= 4 is 23.4 Å². The number of H-pyrrole nitrogens is 1. The fraction of sp³-hybridized carbons (Fsp3) is 0.423. The first-order chi connectivity index (χ1) is 17.3. The molecular formula is C26H31N3O7. The highest BCUT2D eigenvalue weighted by atomic mass is 16.5. The molecule has 36 heavy (non-hydrogen) atoms. The number of Topliss-reactive ketones (excluding diaryl/α,β-unsaturated/α-hetero) is 1. The second-order valence-electron chi connectivity index (χ2n) is 8.81. The summed E-state index contributed by atoms with van der Waals surface area (Å²) < 4.78 is 15.8. The highest BCUT2D eigenvalue weighted by Gasteiger charge is 2.47. The molecule has 3 heterocycles. The molecule has 2 aromatic rings. The number of aliphatic hydroxyl groups excluding tert-OH is 1. The summed E-state index contributed by atoms with van der Waals surface area (Å²) in [7, 11) is 2.78. The summed E-state index contributed by atoms with van der Waals surface area (Å²) in [5.74, 6) is -1.93. The second kappa shape index (κ2) is 10.5. The van der Waals surface area contributed by atoms with Gasteiger partial charge in [-0.2, -0.15) is 0 Å². The molecule has 0 radical (unpaired) electrons. The summed E-state index contributed by atoms with van der Waals surface area (Å²) in [6, 6.07) is 6.26. The van der Waals surface area contributed by atoms with Crippen molar-refractivity contribution in [1.82, 2.24) is 14.8 Å². The number of rotatable bonds is 7. The zero-order valence-corrected chi connectivity index (χ0v) is 20.9. The number of aromatic amines is 1. The molecule has 0 spiro atoms. The standard InChI is InChI=1S/C26H31N3O7/c1-15-19(16(2)27-21(15)26(33)35-4)23(30)20-22(17-7-5-6-8-18(17)34-3)29(25(32)24(20)31)10-9-28-11-13-36-14-12-28/h5-8,22,27,30H,9-14H2,1-4H3/b23-20+/t22-/m1/s1. The molecule has 2 aliphatic heterocycles. The molecule has 1 atom stereocenters. The molecule has 0 aliphatic carbocycles. The van der Waals surface area contributed by atoms with Crippen LogP contribution in [0.15, 0.2) is 29.8 Å². The highest BCUT2D eigenvalue weighted by Crippen LogP contribution is 2.43. The Labute approximate surface area is 209 Å². The van der Waals surface area contributed by atoms with Crippen molar-refractivity contribution in [2.75, 3.05) is 53.6 Å². The fourth-order valence-corrected chi connectivity index (χ4v) is 4.95. The Hall–Kier alpha value is -3.63. The van der Waals surface area contributed by atoms with E-state index in [0.29, 0.717) is 47.9 Å². The number of carbonyl (C=O) groups is 3. The zero-order chi connectivity index (χ0) is 26.0. The van der Waals surface area contributed by atoms with Gasteiger partial charge in [-0.25, -0.2) is 4.79 Å². The van der Waals surface area contributed by atoms with Gasteiger partial charge in [0.1, 0.15) is 17.2 Å². The molecule has 2 aliphatic rings. The quantitative estimate of drug-likeness (QED) is 0.258. The molecular weight excluding hydrogens is 466 g/mol. The van der Waals surface area contributed by atoms with E-state index in [2.05, 4.69) is 9.88 Å². The van der Waals surface area contributed by atoms with Crippen molar-refractivity contribution in [2.45, 2.75) is 19.9 Å². The molecule has 1 aromatic carbocycles. The number of aliphatic hydroxyl groups is 1. The Morgan fingerprint density at radius 1 is 1.14 bits per heavy atom. The number of hydrogen-bond donors (Lipinski definition) is 2. The third-order valence-electron chi connectivity index (χ3n) is 6.80. The first kappa shape index (κ1) is 25.5. The number of ether oxygens (including phenoxy) is 3. The smallest absolute Gasteiger partial charge is 0.354 e. The minimum absolute atomic E-state index is 0.0481. The first-order valence-electron chi connectivity index (χ1n) is 11.8. The van der Waals surface area contributed by atoms with Crippen LogP contribution in [-0.4, -0.2) is 91.2 Å². The van der Waals surface area contributed by atoms with E-state index < -0.39 is 23.7 Å². The van der Waals surface area contributed by atoms with Crippen LogP contribution >= 0.6 is 0 Å². The number of methoxy groups -OCH3 is 2. The van der Waals surface area contributed by atoms with Crippen molar-refractivity contribution in [3.05, 3.63) is 57.9 Å². The summed E-state index contributed by atoms with van der Waals surface area (Å²) in [5, 5.41) is 11.5. The van der Waals surface area contributed by atoms with Crippen LogP contribution in [0.2, 0.25) is 0 Å². The molecule has 4 rings (SSSR count). The average Bonchev–Trinajstić information content (AvgIpc) is 3.33. The summed E-state index contributed by atoms with van der Waals surface area (Å²) in [5.41, 5.74) is 1.90. The average molecular weight is 498 g/mol. The number of amides is 1. The molecule has 10 heteroatoms. The maximum Gasteiger partial charge on any atom is 0.354 e. The van der Waals surface area contributed by atoms with E-state index in [1.165, 1.54) is 19.1 Å². The monoisotopic (exact) mass is 497 g/mol. The Kier molecular flexibility index (Phi) is 7.46. The molecule has 2 N–H and O–H groups in total. The molecule has 2 fully saturated rings. The van der Waals surface area contributed by atoms with E-state index in [9.17, 15) is 19.5 Å². The maximum atomic E-state index is 13.4. The summed E-state index contributed by atoms with van der Waals surface area (Å²) in [6.45, 7) is 6.87. The largest absolute Gasteiger partial charge is 0.507 e. The van der Waals surface area contributed by atoms with Crippen LogP contribution in [0.25, 0.3) is 5.76 Å². The normalized spacial score (nSPS) is 20.1. The lowest BCUT2D eigenvalue weighted by atomic mass is 9.93. The van der Waals surface area contributed by atoms with Gasteiger partial charge in [0.25, 0.3) is 11.7 Å². The maximum absolute atomic E-state index is 13.4. The van der Waals surface area contributed by atoms with Gasteiger partial charge in [0.15, 0.2) is 0 Å². The van der Waals surface area contributed by atoms with Crippen molar-refractivity contribution in [3.63, 3.8) is 0 Å². The van der Waals surface area contributed by atoms with Crippen molar-refractivity contribution in [1.29, 1.82) is 0 Å². The van der Waals surface area contributed by atoms with Gasteiger partial charge in [-0.05, 0) is 25.5 Å². The molecule has 2 saturated heterocycles. The predicted octanol–water partition coefficient (Wildman–Crippen LogP) is 2.18. The molecule has 1 aromatic heterocycles. The van der Waals surface area contributed by atoms with Crippen LogP contribution < -0.4 is 4.74 Å². The number of morpholine rings is 1. The van der Waals surface area contributed by atoms with E-state index in [1.807, 2.05) is 0 Å². The number of carbonyl (C=O) groups excluding carboxylic acids is 3. The fourth-order valence-electron chi connectivity index (χ4n) is 4.95. The Morgan fingerprint density at radius 3 is 2.50 bits per heavy atom. The molecule has 1 amide bonds. The highest BCUT2D eigenvalue weighted by molar-refractivity contribution is 6.46. The van der Waals surface area contributed by atoms with Gasteiger partial charge in [-0.1, -0.05) is 18.2 Å². The number of benzene rings is 1. The number of hydrogen-bond acceptors (Lipinski definition) is 8. The minimum Gasteiger partial charge on any atom is -0.507 e. The van der Waals surface area contributed by atoms with Gasteiger partial charge >= 0.3 is 5.97 Å². The number of ketones is 1. The number of nitrogens with zero attached hydrogens (tertiary/aromatic N) is 2. The van der Waals surface area contributed by atoms with Crippen molar-refractivity contribution in [2.24, 2.45) is 0 Å². The van der Waals surface area contributed by atoms with Gasteiger partial charge < -0.3 is 29.2 Å². The van der Waals surface area contributed by atoms with Crippen LogP contribution in [0.4, 0.5) is 0 Å². The van der Waals surface area contributed by atoms with Crippen LogP contribution in [0.5, 0.6) is 5.75 Å². The zero-order valence-electron chi connectivity index (χ0n) is 20.9. The Balaban J connectivity index is 1.84. The van der Waals surface area contributed by atoms with Crippen LogP contribution in [0.1, 0.15) is 38.9 Å². The number of esters is 1. The number of nitrogens with one attached hydrogen (secondary N) is 1. The molecule has 0 saturated carbocycles. The number of likely N-dealkylation sites (tertiary alicyclic amines) is 1. The lowest BCUT2D eigenvalue weighted by Crippen LogP contribution is -2.42. The van der Waals surface area contributed by atoms with Gasteiger partial charge in [0.05, 0.1) is 39.0 Å². The van der Waals surface area contributed by atoms with E-state index >= 15 is 0 Å². The lowest BCUT2D eigenvalue weighted by molar-refractivity contribution is -0.140. The van der Waals surface area contributed by atoms with Crippen LogP contribution in [0.3, 0.4) is 0 Å². The lowest BCUT2D eigenvalue weighted by Gasteiger charge is -2.31. The molecule has 0 unspecified atom stereocenters. The minimum atomic E-state index is -0.863. The summed E-state index contributed by atoms with van der Waals surface area (Å²) >= 11 is 0. The Bertz CT molecular complexity index is 1210. The van der Waals surface area contributed by atoms with Crippen molar-refractivity contribution in [3.8, 4) is 5.75 Å². The third kappa shape index (κ3) is 4.49. The second-order valence-corrected chi connectivity index (χ2v) is 8.81. The van der Waals surface area contributed by atoms with E-state index in [1.54, 1.807) is 38.1 Å².